The van der Waals surface area contributed by atoms with Gasteiger partial charge in [-0.15, -0.1) is 11.3 Å². The second-order valence-corrected chi connectivity index (χ2v) is 6.57. The summed E-state index contributed by atoms with van der Waals surface area (Å²) in [6, 6.07) is 8.28. The molecule has 1 saturated heterocycles. The molecule has 0 aliphatic carbocycles. The van der Waals surface area contributed by atoms with Gasteiger partial charge in [0.15, 0.2) is 0 Å². The predicted molar refractivity (Wildman–Crippen MR) is 85.9 cm³/mol. The molecule has 0 bridgehead atoms. The van der Waals surface area contributed by atoms with Crippen molar-refractivity contribution in [3.05, 3.63) is 34.7 Å². The monoisotopic (exact) mass is 304 g/mol. The van der Waals surface area contributed by atoms with E-state index in [0.717, 1.165) is 27.9 Å². The smallest absolute Gasteiger partial charge is 0.264 e. The van der Waals surface area contributed by atoms with Crippen LogP contribution in [0, 0.1) is 6.92 Å². The highest BCUT2D eigenvalue weighted by atomic mass is 32.1. The lowest BCUT2D eigenvalue weighted by Gasteiger charge is -2.22. The van der Waals surface area contributed by atoms with E-state index in [1.807, 2.05) is 11.0 Å². The van der Waals surface area contributed by atoms with Gasteiger partial charge < -0.3 is 15.4 Å². The molecule has 1 aliphatic rings. The molecule has 1 aliphatic heterocycles. The maximum atomic E-state index is 12.7. The maximum absolute atomic E-state index is 12.7. The van der Waals surface area contributed by atoms with E-state index < -0.39 is 0 Å². The average molecular weight is 304 g/mol. The number of rotatable bonds is 2. The molecule has 2 aromatic rings. The van der Waals surface area contributed by atoms with Gasteiger partial charge in [0, 0.05) is 30.9 Å². The summed E-state index contributed by atoms with van der Waals surface area (Å²) in [4.78, 5) is 15.4. The van der Waals surface area contributed by atoms with Crippen molar-refractivity contribution >= 4 is 27.3 Å². The molecule has 1 aromatic carbocycles. The molecule has 1 unspecified atom stereocenters. The minimum Gasteiger partial charge on any atom is -0.375 e. The topological polar surface area (TPSA) is 55.6 Å². The second kappa shape index (κ2) is 6.13. The van der Waals surface area contributed by atoms with Crippen LogP contribution < -0.4 is 5.73 Å². The Bertz CT molecular complexity index is 653. The Labute approximate surface area is 128 Å². The first-order chi connectivity index (χ1) is 10.2. The van der Waals surface area contributed by atoms with Gasteiger partial charge in [-0.1, -0.05) is 17.7 Å². The van der Waals surface area contributed by atoms with E-state index in [2.05, 4.69) is 25.1 Å². The molecule has 112 valence electrons. The van der Waals surface area contributed by atoms with Crippen molar-refractivity contribution in [3.63, 3.8) is 0 Å². The molecule has 21 heavy (non-hydrogen) atoms. The molecule has 1 amide bonds. The number of thiophene rings is 1. The van der Waals surface area contributed by atoms with Gasteiger partial charge in [-0.05, 0) is 30.9 Å². The number of hydrogen-bond donors (Lipinski definition) is 1. The molecule has 4 nitrogen and oxygen atoms in total. The second-order valence-electron chi connectivity index (χ2n) is 5.49. The van der Waals surface area contributed by atoms with E-state index in [4.69, 9.17) is 10.5 Å². The fourth-order valence-corrected chi connectivity index (χ4v) is 3.66. The van der Waals surface area contributed by atoms with E-state index >= 15 is 0 Å². The number of fused-ring (bicyclic) bond motifs is 1. The third-order valence-corrected chi connectivity index (χ3v) is 4.89. The fraction of sp³-hybridized carbons (Fsp3) is 0.438. The lowest BCUT2D eigenvalue weighted by atomic mass is 10.2. The number of ether oxygens (including phenoxy) is 1. The number of carbonyl (C=O) groups is 1. The first-order valence-corrected chi connectivity index (χ1v) is 8.10. The Morgan fingerprint density at radius 1 is 1.48 bits per heavy atom. The molecule has 5 heteroatoms. The number of aryl methyl sites for hydroxylation is 1. The van der Waals surface area contributed by atoms with Crippen molar-refractivity contribution < 1.29 is 9.53 Å². The SMILES string of the molecule is Cc1ccc2sc(C(=O)N3CCCOC(CN)C3)cc2c1. The average Bonchev–Trinajstić information content (AvgIpc) is 2.75. The van der Waals surface area contributed by atoms with Gasteiger partial charge in [-0.25, -0.2) is 0 Å². The van der Waals surface area contributed by atoms with Crippen LogP contribution >= 0.6 is 11.3 Å². The molecule has 1 fully saturated rings. The zero-order valence-corrected chi connectivity index (χ0v) is 13.0. The highest BCUT2D eigenvalue weighted by Crippen LogP contribution is 2.27. The highest BCUT2D eigenvalue weighted by molar-refractivity contribution is 7.20. The van der Waals surface area contributed by atoms with Crippen LogP contribution in [0.1, 0.15) is 21.7 Å². The van der Waals surface area contributed by atoms with Gasteiger partial charge >= 0.3 is 0 Å². The molecule has 2 N–H and O–H groups in total. The number of nitrogens with two attached hydrogens (primary N) is 1. The Morgan fingerprint density at radius 3 is 3.14 bits per heavy atom. The summed E-state index contributed by atoms with van der Waals surface area (Å²) >= 11 is 1.56. The molecule has 0 saturated carbocycles. The van der Waals surface area contributed by atoms with Crippen LogP contribution in [0.4, 0.5) is 0 Å². The molecular formula is C16H20N2O2S. The third kappa shape index (κ3) is 3.10. The summed E-state index contributed by atoms with van der Waals surface area (Å²) in [5.41, 5.74) is 6.90. The number of hydrogen-bond acceptors (Lipinski definition) is 4. The number of benzene rings is 1. The lowest BCUT2D eigenvalue weighted by molar-refractivity contribution is 0.0522. The van der Waals surface area contributed by atoms with E-state index in [0.29, 0.717) is 19.7 Å². The van der Waals surface area contributed by atoms with Crippen molar-refractivity contribution in [1.29, 1.82) is 0 Å². The van der Waals surface area contributed by atoms with Gasteiger partial charge in [-0.3, -0.25) is 4.79 Å². The quantitative estimate of drug-likeness (QED) is 0.927. The molecule has 0 radical (unpaired) electrons. The standard InChI is InChI=1S/C16H20N2O2S/c1-11-3-4-14-12(7-11)8-15(21-14)16(19)18-5-2-6-20-13(9-17)10-18/h3-4,7-8,13H,2,5-6,9-10,17H2,1H3. The van der Waals surface area contributed by atoms with Crippen LogP contribution in [0.25, 0.3) is 10.1 Å². The van der Waals surface area contributed by atoms with E-state index in [-0.39, 0.29) is 12.0 Å². The van der Waals surface area contributed by atoms with Crippen LogP contribution in [0.2, 0.25) is 0 Å². The molecule has 2 heterocycles. The number of carbonyl (C=O) groups excluding carboxylic acids is 1. The summed E-state index contributed by atoms with van der Waals surface area (Å²) in [5, 5.41) is 1.14. The van der Waals surface area contributed by atoms with Gasteiger partial charge in [0.1, 0.15) is 0 Å². The first kappa shape index (κ1) is 14.5. The summed E-state index contributed by atoms with van der Waals surface area (Å²) in [6.45, 7) is 4.52. The Morgan fingerprint density at radius 2 is 2.33 bits per heavy atom. The zero-order valence-electron chi connectivity index (χ0n) is 12.2. The van der Waals surface area contributed by atoms with Crippen molar-refractivity contribution in [2.75, 3.05) is 26.2 Å². The number of amides is 1. The lowest BCUT2D eigenvalue weighted by Crippen LogP contribution is -2.39. The van der Waals surface area contributed by atoms with Crippen LogP contribution in [-0.4, -0.2) is 43.2 Å². The molecule has 1 atom stereocenters. The third-order valence-electron chi connectivity index (χ3n) is 3.78. The van der Waals surface area contributed by atoms with Gasteiger partial charge in [0.25, 0.3) is 5.91 Å². The molecule has 0 spiro atoms. The fourth-order valence-electron chi connectivity index (χ4n) is 2.65. The van der Waals surface area contributed by atoms with Gasteiger partial charge in [0.2, 0.25) is 0 Å². The van der Waals surface area contributed by atoms with E-state index in [9.17, 15) is 4.79 Å². The van der Waals surface area contributed by atoms with Gasteiger partial charge in [0.05, 0.1) is 11.0 Å². The molecular weight excluding hydrogens is 284 g/mol. The molecule has 1 aromatic heterocycles. The van der Waals surface area contributed by atoms with Crippen molar-refractivity contribution in [2.24, 2.45) is 5.73 Å². The highest BCUT2D eigenvalue weighted by Gasteiger charge is 2.23. The Hall–Kier alpha value is -1.43. The maximum Gasteiger partial charge on any atom is 0.264 e. The summed E-state index contributed by atoms with van der Waals surface area (Å²) in [7, 11) is 0. The normalized spacial score (nSPS) is 19.7. The van der Waals surface area contributed by atoms with Crippen molar-refractivity contribution in [2.45, 2.75) is 19.4 Å². The zero-order chi connectivity index (χ0) is 14.8. The van der Waals surface area contributed by atoms with Crippen LogP contribution in [-0.2, 0) is 4.74 Å². The number of nitrogens with zero attached hydrogens (tertiary/aromatic N) is 1. The summed E-state index contributed by atoms with van der Waals surface area (Å²) < 4.78 is 6.79. The Balaban J connectivity index is 1.85. The predicted octanol–water partition coefficient (Wildman–Crippen LogP) is 2.40. The largest absolute Gasteiger partial charge is 0.375 e. The van der Waals surface area contributed by atoms with Crippen LogP contribution in [0.5, 0.6) is 0 Å². The summed E-state index contributed by atoms with van der Waals surface area (Å²) in [5.74, 6) is 0.0952. The first-order valence-electron chi connectivity index (χ1n) is 7.28. The van der Waals surface area contributed by atoms with Crippen LogP contribution in [0.15, 0.2) is 24.3 Å². The van der Waals surface area contributed by atoms with Crippen molar-refractivity contribution in [3.8, 4) is 0 Å². The van der Waals surface area contributed by atoms with Crippen molar-refractivity contribution in [1.82, 2.24) is 4.90 Å². The minimum absolute atomic E-state index is 0.0481. The van der Waals surface area contributed by atoms with E-state index in [1.54, 1.807) is 11.3 Å². The molecule has 3 rings (SSSR count). The summed E-state index contributed by atoms with van der Waals surface area (Å²) in [6.07, 6.45) is 0.819. The van der Waals surface area contributed by atoms with Gasteiger partial charge in [-0.2, -0.15) is 0 Å². The minimum atomic E-state index is -0.0481. The Kier molecular flexibility index (Phi) is 4.24. The van der Waals surface area contributed by atoms with E-state index in [1.165, 1.54) is 5.56 Å². The van der Waals surface area contributed by atoms with Crippen LogP contribution in [0.3, 0.4) is 0 Å².